The van der Waals surface area contributed by atoms with Crippen molar-refractivity contribution in [1.82, 2.24) is 14.7 Å². The summed E-state index contributed by atoms with van der Waals surface area (Å²) >= 11 is 0. The van der Waals surface area contributed by atoms with E-state index in [0.29, 0.717) is 27.8 Å². The Bertz CT molecular complexity index is 1470. The van der Waals surface area contributed by atoms with Crippen LogP contribution in [0.1, 0.15) is 25.5 Å². The molecule has 0 aliphatic heterocycles. The van der Waals surface area contributed by atoms with E-state index in [1.165, 1.54) is 0 Å². The van der Waals surface area contributed by atoms with Crippen LogP contribution in [0.4, 0.5) is 0 Å². The molecule has 0 radical (unpaired) electrons. The SMILES string of the molecule is COc1ccc([C@@H](C)N=[S@](=O)(NC[C@@H](C)O)c2ccc(Oc3ccnc4c(OC)nccc34)cc2)cc1. The van der Waals surface area contributed by atoms with Crippen LogP contribution >= 0.6 is 0 Å². The lowest BCUT2D eigenvalue weighted by atomic mass is 10.1. The molecule has 0 unspecified atom stereocenters. The average Bonchev–Trinajstić information content (AvgIpc) is 2.92. The molecular formula is C27H30N4O5S. The van der Waals surface area contributed by atoms with E-state index >= 15 is 0 Å². The van der Waals surface area contributed by atoms with Crippen molar-refractivity contribution >= 4 is 20.8 Å². The number of aliphatic hydroxyl groups is 1. The Morgan fingerprint density at radius 2 is 1.59 bits per heavy atom. The van der Waals surface area contributed by atoms with Crippen molar-refractivity contribution in [2.45, 2.75) is 30.9 Å². The molecule has 0 bridgehead atoms. The molecule has 194 valence electrons. The van der Waals surface area contributed by atoms with Crippen LogP contribution in [0, 0.1) is 0 Å². The van der Waals surface area contributed by atoms with Gasteiger partial charge in [-0.2, -0.15) is 0 Å². The number of aliphatic hydroxyl groups excluding tert-OH is 1. The Kier molecular flexibility index (Phi) is 8.22. The molecular weight excluding hydrogens is 492 g/mol. The molecule has 0 fully saturated rings. The summed E-state index contributed by atoms with van der Waals surface area (Å²) in [5.74, 6) is 2.28. The minimum atomic E-state index is -3.07. The Morgan fingerprint density at radius 3 is 2.24 bits per heavy atom. The van der Waals surface area contributed by atoms with Crippen molar-refractivity contribution in [1.29, 1.82) is 0 Å². The average molecular weight is 523 g/mol. The number of aromatic nitrogens is 2. The highest BCUT2D eigenvalue weighted by atomic mass is 32.2. The number of rotatable bonds is 10. The van der Waals surface area contributed by atoms with E-state index in [2.05, 4.69) is 19.1 Å². The van der Waals surface area contributed by atoms with E-state index in [1.54, 1.807) is 69.9 Å². The number of nitrogens with one attached hydrogen (secondary N) is 1. The first kappa shape index (κ1) is 26.3. The third kappa shape index (κ3) is 6.16. The second-order valence-corrected chi connectivity index (χ2v) is 10.4. The number of ether oxygens (including phenoxy) is 3. The lowest BCUT2D eigenvalue weighted by molar-refractivity contribution is 0.199. The first-order valence-electron chi connectivity index (χ1n) is 11.7. The van der Waals surface area contributed by atoms with Gasteiger partial charge in [-0.05, 0) is 67.9 Å². The van der Waals surface area contributed by atoms with Crippen LogP contribution in [0.2, 0.25) is 0 Å². The normalized spacial score (nSPS) is 14.4. The van der Waals surface area contributed by atoms with Crippen molar-refractivity contribution in [3.05, 3.63) is 78.6 Å². The summed E-state index contributed by atoms with van der Waals surface area (Å²) < 4.78 is 38.3. The number of pyridine rings is 2. The predicted octanol–water partition coefficient (Wildman–Crippen LogP) is 4.91. The molecule has 2 aromatic heterocycles. The van der Waals surface area contributed by atoms with Crippen LogP contribution in [0.25, 0.3) is 10.9 Å². The Balaban J connectivity index is 1.64. The summed E-state index contributed by atoms with van der Waals surface area (Å²) in [6.07, 6.45) is 2.57. The lowest BCUT2D eigenvalue weighted by Gasteiger charge is -2.17. The summed E-state index contributed by atoms with van der Waals surface area (Å²) in [5.41, 5.74) is 1.48. The van der Waals surface area contributed by atoms with E-state index in [1.807, 2.05) is 31.2 Å². The van der Waals surface area contributed by atoms with Gasteiger partial charge in [-0.15, -0.1) is 0 Å². The number of benzene rings is 2. The molecule has 0 saturated carbocycles. The predicted molar refractivity (Wildman–Crippen MR) is 143 cm³/mol. The van der Waals surface area contributed by atoms with Gasteiger partial charge in [0.15, 0.2) is 0 Å². The number of methoxy groups -OCH3 is 2. The van der Waals surface area contributed by atoms with Crippen LogP contribution in [0.5, 0.6) is 23.1 Å². The molecule has 2 N–H and O–H groups in total. The standard InChI is InChI=1S/C27H30N4O5S/c1-18(32)17-30-37(33,31-19(2)20-5-7-21(34-3)8-6-20)23-11-9-22(10-12-23)36-25-14-16-28-26-24(25)13-15-29-27(26)35-4/h5-16,18-19,32H,17H2,1-4H3,(H,30,31,33)/t18-,19-,37-/m1/s1. The molecule has 3 atom stereocenters. The molecule has 9 nitrogen and oxygen atoms in total. The largest absolute Gasteiger partial charge is 0.497 e. The molecule has 0 saturated heterocycles. The van der Waals surface area contributed by atoms with Gasteiger partial charge in [0.2, 0.25) is 5.88 Å². The molecule has 2 aromatic carbocycles. The van der Waals surface area contributed by atoms with Crippen LogP contribution in [-0.4, -0.2) is 46.2 Å². The van der Waals surface area contributed by atoms with Crippen molar-refractivity contribution in [2.75, 3.05) is 20.8 Å². The Hall–Kier alpha value is -3.73. The second kappa shape index (κ2) is 11.5. The maximum Gasteiger partial charge on any atom is 0.240 e. The fourth-order valence-electron chi connectivity index (χ4n) is 3.67. The third-order valence-electron chi connectivity index (χ3n) is 5.63. The highest BCUT2D eigenvalue weighted by Crippen LogP contribution is 2.32. The zero-order valence-corrected chi connectivity index (χ0v) is 21.9. The molecule has 37 heavy (non-hydrogen) atoms. The van der Waals surface area contributed by atoms with E-state index in [0.717, 1.165) is 16.7 Å². The van der Waals surface area contributed by atoms with Crippen LogP contribution in [0.3, 0.4) is 0 Å². The molecule has 0 spiro atoms. The fourth-order valence-corrected chi connectivity index (χ4v) is 5.57. The molecule has 4 rings (SSSR count). The van der Waals surface area contributed by atoms with E-state index in [4.69, 9.17) is 14.2 Å². The van der Waals surface area contributed by atoms with Crippen LogP contribution < -0.4 is 18.9 Å². The zero-order valence-electron chi connectivity index (χ0n) is 21.1. The maximum absolute atomic E-state index is 14.0. The molecule has 0 amide bonds. The van der Waals surface area contributed by atoms with E-state index < -0.39 is 16.0 Å². The number of fused-ring (bicyclic) bond motifs is 1. The van der Waals surface area contributed by atoms with Gasteiger partial charge in [0, 0.05) is 18.9 Å². The first-order valence-corrected chi connectivity index (χ1v) is 13.2. The van der Waals surface area contributed by atoms with Crippen LogP contribution in [0.15, 0.2) is 82.3 Å². The van der Waals surface area contributed by atoms with Gasteiger partial charge in [-0.3, -0.25) is 4.98 Å². The summed E-state index contributed by atoms with van der Waals surface area (Å²) in [7, 11) is 0.0806. The number of nitrogens with zero attached hydrogens (tertiary/aromatic N) is 3. The van der Waals surface area contributed by atoms with Gasteiger partial charge in [0.05, 0.1) is 36.6 Å². The summed E-state index contributed by atoms with van der Waals surface area (Å²) in [6.45, 7) is 3.62. The number of hydrogen-bond acceptors (Lipinski definition) is 8. The van der Waals surface area contributed by atoms with Gasteiger partial charge < -0.3 is 19.3 Å². The van der Waals surface area contributed by atoms with Gasteiger partial charge in [-0.1, -0.05) is 12.1 Å². The Labute approximate surface area is 216 Å². The van der Waals surface area contributed by atoms with Crippen molar-refractivity contribution in [3.63, 3.8) is 0 Å². The summed E-state index contributed by atoms with van der Waals surface area (Å²) in [4.78, 5) is 9.00. The second-order valence-electron chi connectivity index (χ2n) is 8.38. The molecule has 0 aliphatic carbocycles. The van der Waals surface area contributed by atoms with Gasteiger partial charge in [-0.25, -0.2) is 18.3 Å². The monoisotopic (exact) mass is 522 g/mol. The minimum Gasteiger partial charge on any atom is -0.497 e. The smallest absolute Gasteiger partial charge is 0.240 e. The van der Waals surface area contributed by atoms with Crippen LogP contribution in [-0.2, 0) is 9.92 Å². The highest BCUT2D eigenvalue weighted by molar-refractivity contribution is 7.91. The fraction of sp³-hybridized carbons (Fsp3) is 0.259. The zero-order chi connectivity index (χ0) is 26.4. The van der Waals surface area contributed by atoms with Crippen molar-refractivity contribution < 1.29 is 23.5 Å². The van der Waals surface area contributed by atoms with E-state index in [9.17, 15) is 9.32 Å². The van der Waals surface area contributed by atoms with Gasteiger partial charge in [0.25, 0.3) is 0 Å². The summed E-state index contributed by atoms with van der Waals surface area (Å²) in [5, 5.41) is 10.6. The topological polar surface area (TPSA) is 115 Å². The van der Waals surface area contributed by atoms with E-state index in [-0.39, 0.29) is 12.6 Å². The lowest BCUT2D eigenvalue weighted by Crippen LogP contribution is -2.31. The molecule has 10 heteroatoms. The van der Waals surface area contributed by atoms with Crippen molar-refractivity contribution in [2.24, 2.45) is 4.36 Å². The minimum absolute atomic E-state index is 0.120. The molecule has 0 aliphatic rings. The number of hydrogen-bond donors (Lipinski definition) is 2. The Morgan fingerprint density at radius 1 is 0.919 bits per heavy atom. The molecule has 4 aromatic rings. The molecule has 2 heterocycles. The first-order chi connectivity index (χ1) is 17.8. The quantitative estimate of drug-likeness (QED) is 0.304. The third-order valence-corrected chi connectivity index (χ3v) is 7.71. The van der Waals surface area contributed by atoms with Gasteiger partial charge in [0.1, 0.15) is 32.7 Å². The van der Waals surface area contributed by atoms with Gasteiger partial charge >= 0.3 is 0 Å². The summed E-state index contributed by atoms with van der Waals surface area (Å²) in [6, 6.07) is 17.5. The van der Waals surface area contributed by atoms with Crippen molar-refractivity contribution in [3.8, 4) is 23.1 Å². The maximum atomic E-state index is 14.0. The highest BCUT2D eigenvalue weighted by Gasteiger charge is 2.17.